The summed E-state index contributed by atoms with van der Waals surface area (Å²) in [5.41, 5.74) is 7.45. The minimum absolute atomic E-state index is 0.538. The van der Waals surface area contributed by atoms with Crippen LogP contribution in [0.5, 0.6) is 0 Å². The van der Waals surface area contributed by atoms with E-state index >= 15 is 0 Å². The van der Waals surface area contributed by atoms with Gasteiger partial charge in [0.25, 0.3) is 0 Å². The van der Waals surface area contributed by atoms with Crippen LogP contribution in [-0.4, -0.2) is 15.3 Å². The molecule has 0 bridgehead atoms. The average molecular weight is 270 g/mol. The fourth-order valence-corrected chi connectivity index (χ4v) is 2.74. The van der Waals surface area contributed by atoms with Crippen molar-refractivity contribution in [2.24, 2.45) is 0 Å². The molecule has 1 atom stereocenters. The molecule has 3 heteroatoms. The first-order valence-electron chi connectivity index (χ1n) is 6.94. The summed E-state index contributed by atoms with van der Waals surface area (Å²) in [6.07, 6.45) is 0.0773. The summed E-state index contributed by atoms with van der Waals surface area (Å²) in [5.74, 6) is 0. The summed E-state index contributed by atoms with van der Waals surface area (Å²) in [4.78, 5) is 0. The molecule has 0 radical (unpaired) electrons. The van der Waals surface area contributed by atoms with Crippen LogP contribution in [0.1, 0.15) is 45.3 Å². The lowest BCUT2D eigenvalue weighted by molar-refractivity contribution is 0.176. The minimum atomic E-state index is -0.538. The Kier molecular flexibility index (Phi) is 4.19. The predicted molar refractivity (Wildman–Crippen MR) is 80.8 cm³/mol. The topological polar surface area (TPSA) is 46.0 Å². The number of aliphatic hydroxyl groups is 1. The van der Waals surface area contributed by atoms with Gasteiger partial charge in [0.2, 0.25) is 0 Å². The zero-order valence-corrected chi connectivity index (χ0v) is 12.9. The molecule has 20 heavy (non-hydrogen) atoms. The van der Waals surface area contributed by atoms with Crippen molar-refractivity contribution in [2.75, 3.05) is 0 Å². The van der Waals surface area contributed by atoms with Gasteiger partial charge >= 0.3 is 0 Å². The summed E-state index contributed by atoms with van der Waals surface area (Å²) in [5, 5.41) is 18.6. The maximum atomic E-state index is 10.5. The van der Waals surface area contributed by atoms with Crippen molar-refractivity contribution < 1.29 is 5.11 Å². The number of nitrogens with zero attached hydrogens (tertiary/aromatic N) is 2. The van der Waals surface area contributed by atoms with Gasteiger partial charge in [-0.05, 0) is 57.4 Å². The van der Waals surface area contributed by atoms with E-state index in [1.165, 1.54) is 22.3 Å². The Morgan fingerprint density at radius 3 is 2.15 bits per heavy atom. The first kappa shape index (κ1) is 14.7. The lowest BCUT2D eigenvalue weighted by Crippen LogP contribution is -2.09. The van der Waals surface area contributed by atoms with Crippen molar-refractivity contribution in [3.05, 3.63) is 57.4 Å². The van der Waals surface area contributed by atoms with Crippen LogP contribution < -0.4 is 0 Å². The summed E-state index contributed by atoms with van der Waals surface area (Å²) >= 11 is 0. The first-order chi connectivity index (χ1) is 9.38. The molecule has 0 amide bonds. The van der Waals surface area contributed by atoms with E-state index in [9.17, 15) is 5.11 Å². The van der Waals surface area contributed by atoms with Gasteiger partial charge in [-0.2, -0.15) is 10.2 Å². The van der Waals surface area contributed by atoms with Gasteiger partial charge in [-0.3, -0.25) is 0 Å². The molecular formula is C17H22N2O. The fourth-order valence-electron chi connectivity index (χ4n) is 2.74. The Labute approximate surface area is 120 Å². The monoisotopic (exact) mass is 270 g/mol. The highest BCUT2D eigenvalue weighted by Gasteiger charge is 2.15. The van der Waals surface area contributed by atoms with Crippen LogP contribution in [0.25, 0.3) is 0 Å². The fraction of sp³-hybridized carbons (Fsp3) is 0.412. The van der Waals surface area contributed by atoms with Gasteiger partial charge in [0.15, 0.2) is 0 Å². The molecule has 0 aliphatic rings. The normalized spacial score (nSPS) is 12.5. The Morgan fingerprint density at radius 1 is 0.950 bits per heavy atom. The van der Waals surface area contributed by atoms with Gasteiger partial charge in [-0.1, -0.05) is 17.7 Å². The average Bonchev–Trinajstić information content (AvgIpc) is 2.36. The Bertz CT molecular complexity index is 612. The van der Waals surface area contributed by atoms with E-state index in [1.807, 2.05) is 19.9 Å². The quantitative estimate of drug-likeness (QED) is 0.931. The lowest BCUT2D eigenvalue weighted by Gasteiger charge is -2.17. The number of aromatic nitrogens is 2. The van der Waals surface area contributed by atoms with E-state index < -0.39 is 6.10 Å². The highest BCUT2D eigenvalue weighted by Crippen LogP contribution is 2.25. The largest absolute Gasteiger partial charge is 0.388 e. The zero-order chi connectivity index (χ0) is 14.9. The van der Waals surface area contributed by atoms with Gasteiger partial charge < -0.3 is 5.11 Å². The van der Waals surface area contributed by atoms with E-state index in [-0.39, 0.29) is 0 Å². The van der Waals surface area contributed by atoms with Crippen LogP contribution >= 0.6 is 0 Å². The third-order valence-electron chi connectivity index (χ3n) is 3.74. The van der Waals surface area contributed by atoms with Crippen LogP contribution in [0.2, 0.25) is 0 Å². The Hall–Kier alpha value is -1.74. The molecule has 2 rings (SSSR count). The molecular weight excluding hydrogens is 248 g/mol. The molecule has 1 aromatic carbocycles. The summed E-state index contributed by atoms with van der Waals surface area (Å²) < 4.78 is 0. The molecule has 0 saturated heterocycles. The summed E-state index contributed by atoms with van der Waals surface area (Å²) in [6.45, 7) is 10.1. The summed E-state index contributed by atoms with van der Waals surface area (Å²) in [6, 6.07) is 6.25. The zero-order valence-electron chi connectivity index (χ0n) is 12.9. The van der Waals surface area contributed by atoms with Crippen LogP contribution in [0.3, 0.4) is 0 Å². The number of aryl methyl sites for hydroxylation is 5. The molecule has 1 N–H and O–H groups in total. The van der Waals surface area contributed by atoms with Gasteiger partial charge in [0.05, 0.1) is 17.5 Å². The van der Waals surface area contributed by atoms with Crippen molar-refractivity contribution in [1.29, 1.82) is 0 Å². The molecule has 3 nitrogen and oxygen atoms in total. The van der Waals surface area contributed by atoms with Crippen LogP contribution in [-0.2, 0) is 6.42 Å². The smallest absolute Gasteiger partial charge is 0.0849 e. The number of rotatable bonds is 3. The SMILES string of the molecule is Cc1cc(C)c(CC(O)c2cc(C)nnc2C)c(C)c1. The van der Waals surface area contributed by atoms with Crippen molar-refractivity contribution in [3.8, 4) is 0 Å². The molecule has 2 aromatic rings. The molecule has 1 aromatic heterocycles. The third kappa shape index (κ3) is 3.05. The van der Waals surface area contributed by atoms with E-state index in [0.717, 1.165) is 17.0 Å². The van der Waals surface area contributed by atoms with Crippen molar-refractivity contribution in [3.63, 3.8) is 0 Å². The van der Waals surface area contributed by atoms with E-state index in [2.05, 4.69) is 43.1 Å². The van der Waals surface area contributed by atoms with Gasteiger partial charge in [-0.25, -0.2) is 0 Å². The van der Waals surface area contributed by atoms with Crippen molar-refractivity contribution in [1.82, 2.24) is 10.2 Å². The first-order valence-corrected chi connectivity index (χ1v) is 6.94. The molecule has 0 saturated carbocycles. The van der Waals surface area contributed by atoms with E-state index in [1.54, 1.807) is 0 Å². The van der Waals surface area contributed by atoms with E-state index in [4.69, 9.17) is 0 Å². The van der Waals surface area contributed by atoms with Crippen molar-refractivity contribution in [2.45, 2.75) is 47.1 Å². The number of hydrogen-bond acceptors (Lipinski definition) is 3. The second-order valence-electron chi connectivity index (χ2n) is 5.62. The summed E-state index contributed by atoms with van der Waals surface area (Å²) in [7, 11) is 0. The standard InChI is InChI=1S/C17H22N2O/c1-10-6-11(2)15(12(3)7-10)9-17(20)16-8-13(4)18-19-14(16)5/h6-8,17,20H,9H2,1-5H3. The minimum Gasteiger partial charge on any atom is -0.388 e. The van der Waals surface area contributed by atoms with Crippen LogP contribution in [0.15, 0.2) is 18.2 Å². The number of aliphatic hydroxyl groups excluding tert-OH is 1. The molecule has 106 valence electrons. The van der Waals surface area contributed by atoms with Crippen molar-refractivity contribution >= 4 is 0 Å². The van der Waals surface area contributed by atoms with E-state index in [0.29, 0.717) is 6.42 Å². The Morgan fingerprint density at radius 2 is 1.55 bits per heavy atom. The van der Waals surface area contributed by atoms with Crippen LogP contribution in [0, 0.1) is 34.6 Å². The maximum absolute atomic E-state index is 10.5. The van der Waals surface area contributed by atoms with Crippen LogP contribution in [0.4, 0.5) is 0 Å². The molecule has 1 unspecified atom stereocenters. The third-order valence-corrected chi connectivity index (χ3v) is 3.74. The predicted octanol–water partition coefficient (Wildman–Crippen LogP) is 3.29. The maximum Gasteiger partial charge on any atom is 0.0849 e. The molecule has 0 fully saturated rings. The number of hydrogen-bond donors (Lipinski definition) is 1. The highest BCUT2D eigenvalue weighted by molar-refractivity contribution is 5.39. The highest BCUT2D eigenvalue weighted by atomic mass is 16.3. The Balaban J connectivity index is 2.32. The van der Waals surface area contributed by atoms with Gasteiger partial charge in [0.1, 0.15) is 0 Å². The second kappa shape index (κ2) is 5.71. The molecule has 1 heterocycles. The lowest BCUT2D eigenvalue weighted by atomic mass is 9.92. The van der Waals surface area contributed by atoms with Gasteiger partial charge in [0, 0.05) is 12.0 Å². The second-order valence-corrected chi connectivity index (χ2v) is 5.62. The molecule has 0 spiro atoms. The number of benzene rings is 1. The molecule has 0 aliphatic carbocycles. The molecule has 0 aliphatic heterocycles. The van der Waals surface area contributed by atoms with Gasteiger partial charge in [-0.15, -0.1) is 0 Å².